The van der Waals surface area contributed by atoms with Crippen LogP contribution in [0.4, 0.5) is 0 Å². The zero-order valence-corrected chi connectivity index (χ0v) is 8.09. The molecule has 15 heavy (non-hydrogen) atoms. The summed E-state index contributed by atoms with van der Waals surface area (Å²) in [5.41, 5.74) is 6.62. The number of aliphatic hydroxyl groups is 2. The van der Waals surface area contributed by atoms with Crippen molar-refractivity contribution < 1.29 is 10.2 Å². The fourth-order valence-electron chi connectivity index (χ4n) is 1.58. The Morgan fingerprint density at radius 3 is 2.93 bits per heavy atom. The molecule has 0 saturated heterocycles. The smallest absolute Gasteiger partial charge is 0.137 e. The van der Waals surface area contributed by atoms with Crippen molar-refractivity contribution in [1.82, 2.24) is 9.97 Å². The van der Waals surface area contributed by atoms with Crippen LogP contribution in [0, 0.1) is 0 Å². The number of aromatic amines is 1. The molecule has 0 aliphatic carbocycles. The van der Waals surface area contributed by atoms with Gasteiger partial charge >= 0.3 is 0 Å². The van der Waals surface area contributed by atoms with Crippen LogP contribution in [0.25, 0.3) is 11.0 Å². The Labute approximate surface area is 86.6 Å². The normalized spacial score (nSPS) is 15.4. The van der Waals surface area contributed by atoms with Crippen molar-refractivity contribution in [2.24, 2.45) is 5.73 Å². The van der Waals surface area contributed by atoms with Gasteiger partial charge in [0.25, 0.3) is 0 Å². The lowest BCUT2D eigenvalue weighted by Gasteiger charge is -2.16. The van der Waals surface area contributed by atoms with Crippen molar-refractivity contribution >= 4 is 11.0 Å². The first-order valence-electron chi connectivity index (χ1n) is 4.72. The van der Waals surface area contributed by atoms with Crippen LogP contribution in [0.1, 0.15) is 11.7 Å². The van der Waals surface area contributed by atoms with Crippen LogP contribution in [-0.4, -0.2) is 32.8 Å². The first kappa shape index (κ1) is 10.1. The summed E-state index contributed by atoms with van der Waals surface area (Å²) in [5.74, 6) is 0. The molecule has 0 radical (unpaired) electrons. The molecule has 2 aromatic rings. The number of nitrogens with zero attached hydrogens (tertiary/aromatic N) is 1. The number of aromatic nitrogens is 2. The number of rotatable bonds is 3. The van der Waals surface area contributed by atoms with E-state index in [0.717, 1.165) is 5.39 Å². The summed E-state index contributed by atoms with van der Waals surface area (Å²) in [6, 6.07) is 3.49. The highest BCUT2D eigenvalue weighted by Gasteiger charge is 2.19. The number of H-pyrrole nitrogens is 1. The topological polar surface area (TPSA) is 95.2 Å². The van der Waals surface area contributed by atoms with Crippen LogP contribution in [0.3, 0.4) is 0 Å². The van der Waals surface area contributed by atoms with E-state index in [1.807, 2.05) is 6.07 Å². The van der Waals surface area contributed by atoms with Crippen LogP contribution in [0.5, 0.6) is 0 Å². The van der Waals surface area contributed by atoms with Gasteiger partial charge in [-0.2, -0.15) is 0 Å². The summed E-state index contributed by atoms with van der Waals surface area (Å²) >= 11 is 0. The molecule has 80 valence electrons. The zero-order valence-electron chi connectivity index (χ0n) is 8.09. The predicted octanol–water partition coefficient (Wildman–Crippen LogP) is -0.0841. The van der Waals surface area contributed by atoms with Crippen LogP contribution in [-0.2, 0) is 0 Å². The third-order valence-electron chi connectivity index (χ3n) is 2.42. The maximum Gasteiger partial charge on any atom is 0.137 e. The fraction of sp³-hybridized carbons (Fsp3) is 0.300. The van der Waals surface area contributed by atoms with E-state index in [0.29, 0.717) is 11.2 Å². The Morgan fingerprint density at radius 1 is 1.40 bits per heavy atom. The molecule has 0 aliphatic heterocycles. The Hall–Kier alpha value is -1.43. The largest absolute Gasteiger partial charge is 0.389 e. The van der Waals surface area contributed by atoms with Crippen LogP contribution < -0.4 is 5.73 Å². The van der Waals surface area contributed by atoms with Gasteiger partial charge in [0, 0.05) is 24.3 Å². The zero-order chi connectivity index (χ0) is 10.8. The van der Waals surface area contributed by atoms with E-state index in [4.69, 9.17) is 5.73 Å². The molecule has 0 aromatic carbocycles. The van der Waals surface area contributed by atoms with Gasteiger partial charge < -0.3 is 20.9 Å². The Balaban J connectivity index is 2.46. The van der Waals surface area contributed by atoms with Crippen molar-refractivity contribution in [1.29, 1.82) is 0 Å². The molecule has 0 fully saturated rings. The summed E-state index contributed by atoms with van der Waals surface area (Å²) < 4.78 is 0. The minimum atomic E-state index is -0.976. The summed E-state index contributed by atoms with van der Waals surface area (Å²) in [5, 5.41) is 20.1. The lowest BCUT2D eigenvalue weighted by atomic mass is 10.0. The molecule has 2 aromatic heterocycles. The van der Waals surface area contributed by atoms with Crippen LogP contribution in [0.15, 0.2) is 24.5 Å². The van der Waals surface area contributed by atoms with Gasteiger partial charge in [-0.25, -0.2) is 4.98 Å². The first-order chi connectivity index (χ1) is 7.24. The standard InChI is InChI=1S/C10H13N3O2/c11-5-8(14)9(15)6-1-3-12-10-7(6)2-4-13-10/h1-4,8-9,14-15H,5,11H2,(H,12,13). The van der Waals surface area contributed by atoms with Crippen molar-refractivity contribution in [2.75, 3.05) is 6.54 Å². The maximum atomic E-state index is 9.83. The molecule has 5 N–H and O–H groups in total. The summed E-state index contributed by atoms with van der Waals surface area (Å²) in [7, 11) is 0. The van der Waals surface area contributed by atoms with Crippen molar-refractivity contribution in [3.63, 3.8) is 0 Å². The monoisotopic (exact) mass is 207 g/mol. The van der Waals surface area contributed by atoms with E-state index in [2.05, 4.69) is 9.97 Å². The predicted molar refractivity (Wildman–Crippen MR) is 56.1 cm³/mol. The third kappa shape index (κ3) is 1.72. The van der Waals surface area contributed by atoms with Gasteiger partial charge in [0.05, 0.1) is 6.10 Å². The van der Waals surface area contributed by atoms with Gasteiger partial charge in [-0.05, 0) is 17.7 Å². The number of pyridine rings is 1. The number of fused-ring (bicyclic) bond motifs is 1. The minimum Gasteiger partial charge on any atom is -0.389 e. The SMILES string of the molecule is NCC(O)C(O)c1ccnc2[nH]ccc12. The van der Waals surface area contributed by atoms with E-state index in [1.165, 1.54) is 0 Å². The quantitative estimate of drug-likeness (QED) is 0.566. The molecule has 2 atom stereocenters. The van der Waals surface area contributed by atoms with Gasteiger partial charge in [0.2, 0.25) is 0 Å². The number of hydrogen-bond acceptors (Lipinski definition) is 4. The second kappa shape index (κ2) is 3.98. The number of aliphatic hydroxyl groups excluding tert-OH is 2. The van der Waals surface area contributed by atoms with Gasteiger partial charge in [0.1, 0.15) is 11.8 Å². The van der Waals surface area contributed by atoms with Crippen molar-refractivity contribution in [2.45, 2.75) is 12.2 Å². The molecule has 0 spiro atoms. The summed E-state index contributed by atoms with van der Waals surface area (Å²) in [6.07, 6.45) is 1.39. The van der Waals surface area contributed by atoms with Gasteiger partial charge in [0.15, 0.2) is 0 Å². The highest BCUT2D eigenvalue weighted by atomic mass is 16.3. The molecule has 5 nitrogen and oxygen atoms in total. The molecule has 0 bridgehead atoms. The van der Waals surface area contributed by atoms with Gasteiger partial charge in [-0.1, -0.05) is 0 Å². The van der Waals surface area contributed by atoms with E-state index in [1.54, 1.807) is 18.5 Å². The molecule has 2 unspecified atom stereocenters. The first-order valence-corrected chi connectivity index (χ1v) is 4.72. The molecular formula is C10H13N3O2. The highest BCUT2D eigenvalue weighted by Crippen LogP contribution is 2.23. The van der Waals surface area contributed by atoms with E-state index < -0.39 is 12.2 Å². The van der Waals surface area contributed by atoms with E-state index in [-0.39, 0.29) is 6.54 Å². The molecule has 0 saturated carbocycles. The van der Waals surface area contributed by atoms with Crippen molar-refractivity contribution in [3.8, 4) is 0 Å². The second-order valence-electron chi connectivity index (χ2n) is 3.39. The molecule has 2 heterocycles. The Morgan fingerprint density at radius 2 is 2.20 bits per heavy atom. The van der Waals surface area contributed by atoms with Crippen LogP contribution in [0.2, 0.25) is 0 Å². The average molecular weight is 207 g/mol. The third-order valence-corrected chi connectivity index (χ3v) is 2.42. The maximum absolute atomic E-state index is 9.83. The Bertz CT molecular complexity index is 455. The van der Waals surface area contributed by atoms with E-state index >= 15 is 0 Å². The average Bonchev–Trinajstić information content (AvgIpc) is 2.74. The second-order valence-corrected chi connectivity index (χ2v) is 3.39. The molecule has 5 heteroatoms. The number of nitrogens with two attached hydrogens (primary N) is 1. The lowest BCUT2D eigenvalue weighted by molar-refractivity contribution is 0.0252. The Kier molecular flexibility index (Phi) is 2.68. The van der Waals surface area contributed by atoms with Gasteiger partial charge in [-0.15, -0.1) is 0 Å². The van der Waals surface area contributed by atoms with Crippen molar-refractivity contribution in [3.05, 3.63) is 30.1 Å². The minimum absolute atomic E-state index is 0.0232. The highest BCUT2D eigenvalue weighted by molar-refractivity contribution is 5.79. The summed E-state index contributed by atoms with van der Waals surface area (Å²) in [6.45, 7) is 0.0232. The van der Waals surface area contributed by atoms with Gasteiger partial charge in [-0.3, -0.25) is 0 Å². The number of nitrogens with one attached hydrogen (secondary N) is 1. The molecule has 0 amide bonds. The fourth-order valence-corrected chi connectivity index (χ4v) is 1.58. The number of hydrogen-bond donors (Lipinski definition) is 4. The summed E-state index contributed by atoms with van der Waals surface area (Å²) in [4.78, 5) is 7.03. The lowest BCUT2D eigenvalue weighted by Crippen LogP contribution is -2.27. The van der Waals surface area contributed by atoms with Crippen LogP contribution >= 0.6 is 0 Å². The molecular weight excluding hydrogens is 194 g/mol. The molecule has 2 rings (SSSR count). The van der Waals surface area contributed by atoms with E-state index in [9.17, 15) is 10.2 Å². The molecule has 0 aliphatic rings.